The zero-order chi connectivity index (χ0) is 13.2. The molecule has 0 bridgehead atoms. The maximum Gasteiger partial charge on any atom is 0.222 e. The van der Waals surface area contributed by atoms with Gasteiger partial charge in [0.25, 0.3) is 0 Å². The fraction of sp³-hybridized carbons (Fsp3) is 0.933. The van der Waals surface area contributed by atoms with Gasteiger partial charge >= 0.3 is 0 Å². The molecule has 18 heavy (non-hydrogen) atoms. The predicted octanol–water partition coefficient (Wildman–Crippen LogP) is 2.59. The van der Waals surface area contributed by atoms with Gasteiger partial charge in [0.15, 0.2) is 0 Å². The number of nitrogens with two attached hydrogens (primary N) is 1. The van der Waals surface area contributed by atoms with E-state index in [-0.39, 0.29) is 11.4 Å². The number of hydrogen-bond acceptors (Lipinski definition) is 2. The van der Waals surface area contributed by atoms with Crippen molar-refractivity contribution >= 4 is 5.91 Å². The van der Waals surface area contributed by atoms with E-state index in [2.05, 4.69) is 19.2 Å². The second-order valence-electron chi connectivity index (χ2n) is 6.78. The Balaban J connectivity index is 1.77. The number of amides is 1. The van der Waals surface area contributed by atoms with Crippen LogP contribution in [0, 0.1) is 11.8 Å². The highest BCUT2D eigenvalue weighted by Crippen LogP contribution is 2.31. The molecule has 0 spiro atoms. The Bertz CT molecular complexity index is 297. The molecular formula is C15H28N2O. The fourth-order valence-electron chi connectivity index (χ4n) is 3.53. The lowest BCUT2D eigenvalue weighted by atomic mass is 9.79. The molecule has 2 fully saturated rings. The third-order valence-electron chi connectivity index (χ3n) is 5.08. The van der Waals surface area contributed by atoms with E-state index in [4.69, 9.17) is 5.73 Å². The second-order valence-corrected chi connectivity index (χ2v) is 6.78. The molecule has 2 aliphatic carbocycles. The summed E-state index contributed by atoms with van der Waals surface area (Å²) in [7, 11) is 0. The molecular weight excluding hydrogens is 224 g/mol. The molecule has 0 aromatic rings. The van der Waals surface area contributed by atoms with E-state index in [1.165, 1.54) is 19.3 Å². The van der Waals surface area contributed by atoms with Crippen LogP contribution < -0.4 is 11.1 Å². The number of nitrogens with one attached hydrogen (secondary N) is 1. The number of carbonyl (C=O) groups is 1. The van der Waals surface area contributed by atoms with Gasteiger partial charge in [-0.05, 0) is 43.9 Å². The molecule has 3 unspecified atom stereocenters. The van der Waals surface area contributed by atoms with Gasteiger partial charge in [-0.2, -0.15) is 0 Å². The zero-order valence-electron chi connectivity index (χ0n) is 11.9. The van der Waals surface area contributed by atoms with E-state index < -0.39 is 0 Å². The van der Waals surface area contributed by atoms with Gasteiger partial charge in [-0.25, -0.2) is 0 Å². The summed E-state index contributed by atoms with van der Waals surface area (Å²) in [6.45, 7) is 4.61. The minimum atomic E-state index is -0.211. The summed E-state index contributed by atoms with van der Waals surface area (Å²) in [6.07, 6.45) is 8.41. The monoisotopic (exact) mass is 252 g/mol. The first-order chi connectivity index (χ1) is 8.48. The average Bonchev–Trinajstić information content (AvgIpc) is 2.70. The predicted molar refractivity (Wildman–Crippen MR) is 74.1 cm³/mol. The summed E-state index contributed by atoms with van der Waals surface area (Å²) in [5.74, 6) is 1.70. The van der Waals surface area contributed by atoms with Crippen molar-refractivity contribution < 1.29 is 4.79 Å². The van der Waals surface area contributed by atoms with Crippen molar-refractivity contribution in [1.82, 2.24) is 5.32 Å². The molecule has 2 saturated carbocycles. The van der Waals surface area contributed by atoms with Crippen molar-refractivity contribution in [1.29, 1.82) is 0 Å². The fourth-order valence-corrected chi connectivity index (χ4v) is 3.53. The third kappa shape index (κ3) is 3.47. The summed E-state index contributed by atoms with van der Waals surface area (Å²) >= 11 is 0. The largest absolute Gasteiger partial charge is 0.353 e. The van der Waals surface area contributed by atoms with E-state index in [9.17, 15) is 4.79 Å². The van der Waals surface area contributed by atoms with Crippen LogP contribution in [-0.2, 0) is 4.79 Å². The molecule has 1 amide bonds. The lowest BCUT2D eigenvalue weighted by molar-refractivity contribution is -0.123. The molecule has 3 atom stereocenters. The van der Waals surface area contributed by atoms with Crippen LogP contribution in [0.3, 0.4) is 0 Å². The Kier molecular flexibility index (Phi) is 4.31. The van der Waals surface area contributed by atoms with Crippen molar-refractivity contribution in [3.63, 3.8) is 0 Å². The summed E-state index contributed by atoms with van der Waals surface area (Å²) in [5, 5.41) is 3.20. The average molecular weight is 252 g/mol. The molecule has 0 aromatic carbocycles. The molecule has 0 heterocycles. The van der Waals surface area contributed by atoms with Crippen molar-refractivity contribution in [2.45, 2.75) is 76.8 Å². The van der Waals surface area contributed by atoms with Crippen molar-refractivity contribution in [2.24, 2.45) is 17.6 Å². The first kappa shape index (κ1) is 13.9. The van der Waals surface area contributed by atoms with Gasteiger partial charge in [0.2, 0.25) is 5.91 Å². The van der Waals surface area contributed by atoms with Crippen molar-refractivity contribution in [2.75, 3.05) is 0 Å². The Morgan fingerprint density at radius 2 is 1.89 bits per heavy atom. The molecule has 2 rings (SSSR count). The first-order valence-electron chi connectivity index (χ1n) is 7.57. The Morgan fingerprint density at radius 1 is 1.22 bits per heavy atom. The first-order valence-corrected chi connectivity index (χ1v) is 7.57. The summed E-state index contributed by atoms with van der Waals surface area (Å²) in [6, 6.07) is 0.383. The molecule has 0 aliphatic heterocycles. The molecule has 104 valence electrons. The van der Waals surface area contributed by atoms with Crippen molar-refractivity contribution in [3.05, 3.63) is 0 Å². The van der Waals surface area contributed by atoms with Crippen LogP contribution in [0.4, 0.5) is 0 Å². The molecule has 3 N–H and O–H groups in total. The van der Waals surface area contributed by atoms with Crippen LogP contribution in [0.25, 0.3) is 0 Å². The van der Waals surface area contributed by atoms with E-state index in [0.717, 1.165) is 37.5 Å². The number of carbonyl (C=O) groups excluding carboxylic acids is 1. The summed E-state index contributed by atoms with van der Waals surface area (Å²) in [4.78, 5) is 12.1. The topological polar surface area (TPSA) is 55.1 Å². The minimum absolute atomic E-state index is 0.172. The van der Waals surface area contributed by atoms with Gasteiger partial charge in [0.05, 0.1) is 0 Å². The Labute approximate surface area is 111 Å². The van der Waals surface area contributed by atoms with Crippen LogP contribution in [0.15, 0.2) is 0 Å². The minimum Gasteiger partial charge on any atom is -0.353 e. The van der Waals surface area contributed by atoms with Gasteiger partial charge in [-0.15, -0.1) is 0 Å². The smallest absolute Gasteiger partial charge is 0.222 e. The van der Waals surface area contributed by atoms with Crippen LogP contribution in [0.2, 0.25) is 0 Å². The number of rotatable bonds is 3. The SMILES string of the molecule is CC1CCC(NC(=O)CC2(N)CCCC2)CC1C. The van der Waals surface area contributed by atoms with Crippen LogP contribution in [0.1, 0.15) is 65.2 Å². The zero-order valence-corrected chi connectivity index (χ0v) is 11.9. The van der Waals surface area contributed by atoms with E-state index in [1.54, 1.807) is 0 Å². The van der Waals surface area contributed by atoms with Gasteiger partial charge in [-0.3, -0.25) is 4.79 Å². The van der Waals surface area contributed by atoms with Crippen LogP contribution in [-0.4, -0.2) is 17.5 Å². The molecule has 3 heteroatoms. The normalized spacial score (nSPS) is 35.4. The highest BCUT2D eigenvalue weighted by molar-refractivity contribution is 5.77. The number of hydrogen-bond donors (Lipinski definition) is 2. The van der Waals surface area contributed by atoms with E-state index in [0.29, 0.717) is 12.5 Å². The van der Waals surface area contributed by atoms with E-state index >= 15 is 0 Å². The standard InChI is InChI=1S/C15H28N2O/c1-11-5-6-13(9-12(11)2)17-14(18)10-15(16)7-3-4-8-15/h11-13H,3-10,16H2,1-2H3,(H,17,18). The molecule has 2 aliphatic rings. The Morgan fingerprint density at radius 3 is 2.50 bits per heavy atom. The van der Waals surface area contributed by atoms with Gasteiger partial charge < -0.3 is 11.1 Å². The van der Waals surface area contributed by atoms with Gasteiger partial charge in [-0.1, -0.05) is 26.7 Å². The highest BCUT2D eigenvalue weighted by atomic mass is 16.1. The maximum absolute atomic E-state index is 12.1. The molecule has 3 nitrogen and oxygen atoms in total. The molecule has 0 aromatic heterocycles. The van der Waals surface area contributed by atoms with Gasteiger partial charge in [0, 0.05) is 18.0 Å². The maximum atomic E-state index is 12.1. The highest BCUT2D eigenvalue weighted by Gasteiger charge is 2.33. The quantitative estimate of drug-likeness (QED) is 0.811. The molecule has 0 saturated heterocycles. The molecule has 0 radical (unpaired) electrons. The lowest BCUT2D eigenvalue weighted by Gasteiger charge is -2.33. The van der Waals surface area contributed by atoms with E-state index in [1.807, 2.05) is 0 Å². The summed E-state index contributed by atoms with van der Waals surface area (Å²) < 4.78 is 0. The van der Waals surface area contributed by atoms with Gasteiger partial charge in [0.1, 0.15) is 0 Å². The van der Waals surface area contributed by atoms with Crippen molar-refractivity contribution in [3.8, 4) is 0 Å². The second kappa shape index (κ2) is 5.60. The van der Waals surface area contributed by atoms with Crippen LogP contribution >= 0.6 is 0 Å². The van der Waals surface area contributed by atoms with Crippen LogP contribution in [0.5, 0.6) is 0 Å². The third-order valence-corrected chi connectivity index (χ3v) is 5.08. The Hall–Kier alpha value is -0.570. The lowest BCUT2D eigenvalue weighted by Crippen LogP contribution is -2.46. The summed E-state index contributed by atoms with van der Waals surface area (Å²) in [5.41, 5.74) is 6.04.